The predicted octanol–water partition coefficient (Wildman–Crippen LogP) is 2.53. The van der Waals surface area contributed by atoms with Crippen LogP contribution in [-0.4, -0.2) is 52.3 Å². The summed E-state index contributed by atoms with van der Waals surface area (Å²) in [6.07, 6.45) is 1.39. The van der Waals surface area contributed by atoms with Crippen LogP contribution >= 0.6 is 0 Å². The van der Waals surface area contributed by atoms with E-state index < -0.39 is 28.2 Å². The van der Waals surface area contributed by atoms with Gasteiger partial charge in [-0.1, -0.05) is 36.4 Å². The monoisotopic (exact) mass is 446 g/mol. The predicted molar refractivity (Wildman–Crippen MR) is 122 cm³/mol. The van der Waals surface area contributed by atoms with Gasteiger partial charge in [-0.2, -0.15) is 0 Å². The van der Waals surface area contributed by atoms with E-state index >= 15 is 0 Å². The highest BCUT2D eigenvalue weighted by molar-refractivity contribution is 6.12. The number of nitrogens with zero attached hydrogens (tertiary/aromatic N) is 4. The molecule has 1 aromatic heterocycles. The maximum Gasteiger partial charge on any atom is 0.270 e. The highest BCUT2D eigenvalue weighted by Crippen LogP contribution is 2.22. The van der Waals surface area contributed by atoms with Crippen molar-refractivity contribution in [3.63, 3.8) is 0 Å². The van der Waals surface area contributed by atoms with E-state index in [4.69, 9.17) is 0 Å². The Kier molecular flexibility index (Phi) is 6.30. The lowest BCUT2D eigenvalue weighted by atomic mass is 10.0. The molecule has 33 heavy (non-hydrogen) atoms. The zero-order valence-electron chi connectivity index (χ0n) is 17.7. The van der Waals surface area contributed by atoms with Crippen LogP contribution in [-0.2, 0) is 4.79 Å². The molecular weight excluding hydrogens is 424 g/mol. The molecule has 1 aliphatic rings. The second-order valence-corrected chi connectivity index (χ2v) is 7.67. The molecular formula is C24H22N4O5. The lowest BCUT2D eigenvalue weighted by molar-refractivity contribution is -0.384. The van der Waals surface area contributed by atoms with Gasteiger partial charge in [0.05, 0.1) is 4.92 Å². The smallest absolute Gasteiger partial charge is 0.270 e. The molecule has 0 saturated carbocycles. The molecule has 1 saturated heterocycles. The number of hydrogen-bond donors (Lipinski definition) is 0. The molecule has 0 unspecified atom stereocenters. The summed E-state index contributed by atoms with van der Waals surface area (Å²) < 4.78 is 1.09. The highest BCUT2D eigenvalue weighted by atomic mass is 16.6. The minimum atomic E-state index is -1.44. The molecule has 1 amide bonds. The Balaban J connectivity index is 1.62. The highest BCUT2D eigenvalue weighted by Gasteiger charge is 2.35. The lowest BCUT2D eigenvalue weighted by Gasteiger charge is -2.37. The molecule has 0 radical (unpaired) electrons. The van der Waals surface area contributed by atoms with Crippen LogP contribution < -0.4 is 10.5 Å². The Morgan fingerprint density at radius 2 is 1.58 bits per heavy atom. The van der Waals surface area contributed by atoms with Gasteiger partial charge >= 0.3 is 0 Å². The Bertz CT molecular complexity index is 1230. The number of non-ortho nitro benzene ring substituents is 1. The van der Waals surface area contributed by atoms with E-state index in [9.17, 15) is 24.5 Å². The van der Waals surface area contributed by atoms with Crippen molar-refractivity contribution in [1.29, 1.82) is 0 Å². The van der Waals surface area contributed by atoms with Crippen molar-refractivity contribution >= 4 is 23.1 Å². The van der Waals surface area contributed by atoms with E-state index in [1.54, 1.807) is 11.0 Å². The number of para-hydroxylation sites is 1. The number of Topliss-reactive ketones (excluding diaryl/α,β-unsaturated/α-hetero) is 1. The largest absolute Gasteiger partial charge is 0.368 e. The Hall–Kier alpha value is -4.27. The van der Waals surface area contributed by atoms with Gasteiger partial charge in [0.2, 0.25) is 0 Å². The normalized spacial score (nSPS) is 14.5. The number of carbonyl (C=O) groups is 2. The number of ketones is 1. The molecule has 2 aromatic carbocycles. The van der Waals surface area contributed by atoms with Crippen LogP contribution in [0.15, 0.2) is 83.8 Å². The van der Waals surface area contributed by atoms with Crippen molar-refractivity contribution in [3.8, 4) is 0 Å². The van der Waals surface area contributed by atoms with Crippen molar-refractivity contribution in [1.82, 2.24) is 9.47 Å². The Morgan fingerprint density at radius 3 is 2.24 bits per heavy atom. The minimum Gasteiger partial charge on any atom is -0.368 e. The molecule has 0 aliphatic carbocycles. The molecule has 1 aliphatic heterocycles. The topological polar surface area (TPSA) is 106 Å². The number of carbonyl (C=O) groups excluding carboxylic acids is 2. The number of piperazine rings is 1. The van der Waals surface area contributed by atoms with Crippen molar-refractivity contribution in [3.05, 3.63) is 105 Å². The molecule has 0 spiro atoms. The van der Waals surface area contributed by atoms with Gasteiger partial charge in [0, 0.05) is 61.8 Å². The van der Waals surface area contributed by atoms with E-state index in [0.717, 1.165) is 16.3 Å². The summed E-state index contributed by atoms with van der Waals surface area (Å²) in [6.45, 7) is 1.93. The van der Waals surface area contributed by atoms with E-state index in [1.165, 1.54) is 36.5 Å². The summed E-state index contributed by atoms with van der Waals surface area (Å²) in [5.74, 6) is -1.17. The van der Waals surface area contributed by atoms with Crippen LogP contribution in [0.25, 0.3) is 0 Å². The second kappa shape index (κ2) is 9.47. The van der Waals surface area contributed by atoms with Crippen LogP contribution in [0.3, 0.4) is 0 Å². The van der Waals surface area contributed by atoms with Gasteiger partial charge in [-0.3, -0.25) is 29.1 Å². The molecule has 3 aromatic rings. The number of pyridine rings is 1. The van der Waals surface area contributed by atoms with Crippen molar-refractivity contribution in [2.45, 2.75) is 6.04 Å². The van der Waals surface area contributed by atoms with Crippen LogP contribution in [0.4, 0.5) is 11.4 Å². The first-order valence-corrected chi connectivity index (χ1v) is 10.5. The van der Waals surface area contributed by atoms with Gasteiger partial charge in [-0.05, 0) is 18.2 Å². The molecule has 1 atom stereocenters. The molecule has 9 heteroatoms. The zero-order chi connectivity index (χ0) is 23.4. The van der Waals surface area contributed by atoms with Crippen LogP contribution in [0, 0.1) is 10.1 Å². The summed E-state index contributed by atoms with van der Waals surface area (Å²) in [4.78, 5) is 53.7. The lowest BCUT2D eigenvalue weighted by Crippen LogP contribution is -2.52. The molecule has 0 bridgehead atoms. The number of nitro groups is 1. The first-order valence-electron chi connectivity index (χ1n) is 10.5. The number of nitro benzene ring substituents is 1. The van der Waals surface area contributed by atoms with E-state index in [2.05, 4.69) is 4.90 Å². The van der Waals surface area contributed by atoms with Gasteiger partial charge in [-0.15, -0.1) is 0 Å². The van der Waals surface area contributed by atoms with Gasteiger partial charge in [0.1, 0.15) is 0 Å². The van der Waals surface area contributed by atoms with Crippen molar-refractivity contribution in [2.24, 2.45) is 0 Å². The summed E-state index contributed by atoms with van der Waals surface area (Å²) in [5, 5.41) is 11.2. The molecule has 0 N–H and O–H groups in total. The van der Waals surface area contributed by atoms with Gasteiger partial charge in [0.25, 0.3) is 17.2 Å². The Labute approximate surface area is 189 Å². The maximum absolute atomic E-state index is 13.5. The fourth-order valence-electron chi connectivity index (χ4n) is 3.94. The van der Waals surface area contributed by atoms with Gasteiger partial charge in [-0.25, -0.2) is 0 Å². The van der Waals surface area contributed by atoms with E-state index in [1.807, 2.05) is 30.3 Å². The summed E-state index contributed by atoms with van der Waals surface area (Å²) in [6, 6.07) is 17.9. The van der Waals surface area contributed by atoms with Crippen LogP contribution in [0.2, 0.25) is 0 Å². The van der Waals surface area contributed by atoms with Crippen LogP contribution in [0.5, 0.6) is 0 Å². The zero-order valence-corrected chi connectivity index (χ0v) is 17.7. The van der Waals surface area contributed by atoms with Gasteiger partial charge in [0.15, 0.2) is 11.8 Å². The summed E-state index contributed by atoms with van der Waals surface area (Å²) in [5.41, 5.74) is 0.288. The van der Waals surface area contributed by atoms with Crippen molar-refractivity contribution in [2.75, 3.05) is 31.1 Å². The molecule has 168 valence electrons. The van der Waals surface area contributed by atoms with E-state index in [0.29, 0.717) is 26.2 Å². The third-order valence-electron chi connectivity index (χ3n) is 5.67. The average molecular weight is 446 g/mol. The first kappa shape index (κ1) is 21.9. The first-order chi connectivity index (χ1) is 16.0. The molecule has 4 rings (SSSR count). The second-order valence-electron chi connectivity index (χ2n) is 7.67. The molecule has 1 fully saturated rings. The van der Waals surface area contributed by atoms with E-state index in [-0.39, 0.29) is 11.3 Å². The number of rotatable bonds is 6. The van der Waals surface area contributed by atoms with Gasteiger partial charge < -0.3 is 9.80 Å². The number of anilines is 1. The summed E-state index contributed by atoms with van der Waals surface area (Å²) >= 11 is 0. The summed E-state index contributed by atoms with van der Waals surface area (Å²) in [7, 11) is 0. The standard InChI is InChI=1S/C24H22N4O5/c29-21-11-4-5-12-27(21)22(23(30)18-7-6-10-20(17-18)28(32)33)24(31)26-15-13-25(14-16-26)19-8-2-1-3-9-19/h1-12,17,22H,13-16H2/t22-/m1/s1. The number of hydrogen-bond acceptors (Lipinski definition) is 6. The van der Waals surface area contributed by atoms with Crippen molar-refractivity contribution < 1.29 is 14.5 Å². The maximum atomic E-state index is 13.5. The fraction of sp³-hybridized carbons (Fsp3) is 0.208. The molecule has 2 heterocycles. The fourth-order valence-corrected chi connectivity index (χ4v) is 3.94. The minimum absolute atomic E-state index is 0.00113. The van der Waals surface area contributed by atoms with Crippen LogP contribution in [0.1, 0.15) is 16.4 Å². The Morgan fingerprint density at radius 1 is 0.879 bits per heavy atom. The average Bonchev–Trinajstić information content (AvgIpc) is 2.86. The number of aromatic nitrogens is 1. The molecule has 9 nitrogen and oxygen atoms in total. The quantitative estimate of drug-likeness (QED) is 0.249. The SMILES string of the molecule is O=C(c1cccc([N+](=O)[O-])c1)[C@H](C(=O)N1CCN(c2ccccc2)CC1)n1ccccc1=O. The number of benzene rings is 2. The number of amides is 1. The third-order valence-corrected chi connectivity index (χ3v) is 5.67. The third kappa shape index (κ3) is 4.67.